The molecule has 0 radical (unpaired) electrons. The van der Waals surface area contributed by atoms with Gasteiger partial charge in [0.25, 0.3) is 0 Å². The van der Waals surface area contributed by atoms with Crippen molar-refractivity contribution in [3.05, 3.63) is 35.9 Å². The highest BCUT2D eigenvalue weighted by Gasteiger charge is 2.09. The Labute approximate surface area is 118 Å². The first-order chi connectivity index (χ1) is 9.36. The van der Waals surface area contributed by atoms with Crippen molar-refractivity contribution < 1.29 is 4.74 Å². The molecule has 1 unspecified atom stereocenters. The number of hydrogen-bond donors (Lipinski definition) is 1. The number of methoxy groups -OCH3 is 1. The maximum absolute atomic E-state index is 5.08. The molecule has 0 aromatic heterocycles. The third kappa shape index (κ3) is 8.02. The first kappa shape index (κ1) is 16.2. The Morgan fingerprint density at radius 2 is 1.95 bits per heavy atom. The van der Waals surface area contributed by atoms with Gasteiger partial charge in [0, 0.05) is 13.7 Å². The van der Waals surface area contributed by atoms with E-state index in [1.807, 2.05) is 0 Å². The largest absolute Gasteiger partial charge is 0.383 e. The summed E-state index contributed by atoms with van der Waals surface area (Å²) in [6.07, 6.45) is 6.51. The van der Waals surface area contributed by atoms with Crippen LogP contribution in [0.4, 0.5) is 0 Å². The van der Waals surface area contributed by atoms with Crippen molar-refractivity contribution in [1.29, 1.82) is 0 Å². The Kier molecular flexibility index (Phi) is 9.38. The highest BCUT2D eigenvalue weighted by molar-refractivity contribution is 5.15. The van der Waals surface area contributed by atoms with Gasteiger partial charge < -0.3 is 10.1 Å². The quantitative estimate of drug-likeness (QED) is 0.615. The van der Waals surface area contributed by atoms with Crippen molar-refractivity contribution in [2.45, 2.75) is 39.0 Å². The Morgan fingerprint density at radius 1 is 1.16 bits per heavy atom. The van der Waals surface area contributed by atoms with E-state index in [9.17, 15) is 0 Å². The molecule has 0 heterocycles. The number of rotatable bonds is 11. The molecule has 0 aliphatic heterocycles. The summed E-state index contributed by atoms with van der Waals surface area (Å²) in [7, 11) is 1.75. The number of benzene rings is 1. The molecule has 0 amide bonds. The van der Waals surface area contributed by atoms with E-state index in [1.165, 1.54) is 37.7 Å². The van der Waals surface area contributed by atoms with Gasteiger partial charge in [-0.05, 0) is 30.9 Å². The number of nitrogens with one attached hydrogen (secondary N) is 1. The number of unbranched alkanes of at least 4 members (excludes halogenated alkanes) is 2. The number of ether oxygens (including phenoxy) is 1. The van der Waals surface area contributed by atoms with Crippen LogP contribution in [0.2, 0.25) is 0 Å². The second kappa shape index (κ2) is 11.0. The van der Waals surface area contributed by atoms with Crippen LogP contribution in [0.5, 0.6) is 0 Å². The molecule has 1 aromatic carbocycles. The molecule has 1 aromatic rings. The van der Waals surface area contributed by atoms with Crippen molar-refractivity contribution >= 4 is 0 Å². The lowest BCUT2D eigenvalue weighted by molar-refractivity contribution is 0.197. The Hall–Kier alpha value is -0.860. The topological polar surface area (TPSA) is 21.3 Å². The van der Waals surface area contributed by atoms with Crippen LogP contribution in [0, 0.1) is 5.92 Å². The van der Waals surface area contributed by atoms with Gasteiger partial charge in [0.2, 0.25) is 0 Å². The monoisotopic (exact) mass is 263 g/mol. The van der Waals surface area contributed by atoms with Crippen LogP contribution in [0.1, 0.15) is 38.2 Å². The van der Waals surface area contributed by atoms with Gasteiger partial charge in [0.15, 0.2) is 0 Å². The summed E-state index contributed by atoms with van der Waals surface area (Å²) >= 11 is 0. The zero-order valence-electron chi connectivity index (χ0n) is 12.5. The van der Waals surface area contributed by atoms with Gasteiger partial charge in [0.1, 0.15) is 0 Å². The van der Waals surface area contributed by atoms with E-state index in [2.05, 4.69) is 42.6 Å². The lowest BCUT2D eigenvalue weighted by Crippen LogP contribution is -2.27. The summed E-state index contributed by atoms with van der Waals surface area (Å²) in [6, 6.07) is 10.8. The molecular weight excluding hydrogens is 234 g/mol. The van der Waals surface area contributed by atoms with Gasteiger partial charge in [-0.25, -0.2) is 0 Å². The molecule has 2 nitrogen and oxygen atoms in total. The average molecular weight is 263 g/mol. The van der Waals surface area contributed by atoms with E-state index >= 15 is 0 Å². The summed E-state index contributed by atoms with van der Waals surface area (Å²) < 4.78 is 5.08. The summed E-state index contributed by atoms with van der Waals surface area (Å²) in [4.78, 5) is 0. The predicted octanol–water partition coefficient (Wildman–Crippen LogP) is 3.66. The Bertz CT molecular complexity index is 299. The molecule has 0 spiro atoms. The minimum absolute atomic E-state index is 0.741. The van der Waals surface area contributed by atoms with E-state index in [0.29, 0.717) is 0 Å². The van der Waals surface area contributed by atoms with E-state index < -0.39 is 0 Å². The van der Waals surface area contributed by atoms with Crippen molar-refractivity contribution in [3.8, 4) is 0 Å². The molecule has 0 fully saturated rings. The van der Waals surface area contributed by atoms with Crippen molar-refractivity contribution in [2.24, 2.45) is 5.92 Å². The minimum Gasteiger partial charge on any atom is -0.383 e. The maximum Gasteiger partial charge on any atom is 0.0587 e. The summed E-state index contributed by atoms with van der Waals surface area (Å²) in [5, 5.41) is 3.51. The third-order valence-corrected chi connectivity index (χ3v) is 3.50. The Morgan fingerprint density at radius 3 is 2.63 bits per heavy atom. The van der Waals surface area contributed by atoms with Crippen molar-refractivity contribution in [3.63, 3.8) is 0 Å². The molecule has 1 rings (SSSR count). The first-order valence-corrected chi connectivity index (χ1v) is 7.60. The second-order valence-corrected chi connectivity index (χ2v) is 5.25. The molecule has 1 atom stereocenters. The fraction of sp³-hybridized carbons (Fsp3) is 0.647. The zero-order valence-corrected chi connectivity index (χ0v) is 12.5. The average Bonchev–Trinajstić information content (AvgIpc) is 2.44. The van der Waals surface area contributed by atoms with E-state index in [0.717, 1.165) is 25.6 Å². The van der Waals surface area contributed by atoms with E-state index in [4.69, 9.17) is 4.74 Å². The molecule has 0 saturated heterocycles. The SMILES string of the molecule is CCCCCC(CNCCOC)Cc1ccccc1. The molecular formula is C17H29NO. The lowest BCUT2D eigenvalue weighted by atomic mass is 9.93. The number of hydrogen-bond acceptors (Lipinski definition) is 2. The van der Waals surface area contributed by atoms with E-state index in [-0.39, 0.29) is 0 Å². The predicted molar refractivity (Wildman–Crippen MR) is 82.5 cm³/mol. The zero-order chi connectivity index (χ0) is 13.8. The highest BCUT2D eigenvalue weighted by Crippen LogP contribution is 2.15. The standard InChI is InChI=1S/C17H29NO/c1-3-4-6-11-17(15-18-12-13-19-2)14-16-9-7-5-8-10-16/h5,7-10,17-18H,3-4,6,11-15H2,1-2H3. The van der Waals surface area contributed by atoms with Crippen LogP contribution < -0.4 is 5.32 Å². The van der Waals surface area contributed by atoms with Crippen LogP contribution in [-0.2, 0) is 11.2 Å². The summed E-state index contributed by atoms with van der Waals surface area (Å²) in [6.45, 7) is 5.12. The Balaban J connectivity index is 2.35. The van der Waals surface area contributed by atoms with Gasteiger partial charge in [0.05, 0.1) is 6.61 Å². The summed E-state index contributed by atoms with van der Waals surface area (Å²) in [5.41, 5.74) is 1.46. The highest BCUT2D eigenvalue weighted by atomic mass is 16.5. The maximum atomic E-state index is 5.08. The van der Waals surface area contributed by atoms with Crippen LogP contribution in [0.3, 0.4) is 0 Å². The fourth-order valence-corrected chi connectivity index (χ4v) is 2.39. The minimum atomic E-state index is 0.741. The molecule has 108 valence electrons. The molecule has 0 aliphatic carbocycles. The molecule has 0 bridgehead atoms. The molecule has 19 heavy (non-hydrogen) atoms. The summed E-state index contributed by atoms with van der Waals surface area (Å²) in [5.74, 6) is 0.741. The third-order valence-electron chi connectivity index (χ3n) is 3.50. The van der Waals surface area contributed by atoms with Crippen LogP contribution >= 0.6 is 0 Å². The first-order valence-electron chi connectivity index (χ1n) is 7.60. The molecule has 2 heteroatoms. The van der Waals surface area contributed by atoms with E-state index in [1.54, 1.807) is 7.11 Å². The van der Waals surface area contributed by atoms with Gasteiger partial charge in [-0.3, -0.25) is 0 Å². The lowest BCUT2D eigenvalue weighted by Gasteiger charge is -2.17. The van der Waals surface area contributed by atoms with Crippen molar-refractivity contribution in [2.75, 3.05) is 26.8 Å². The smallest absolute Gasteiger partial charge is 0.0587 e. The van der Waals surface area contributed by atoms with Crippen molar-refractivity contribution in [1.82, 2.24) is 5.32 Å². The molecule has 1 N–H and O–H groups in total. The fourth-order valence-electron chi connectivity index (χ4n) is 2.39. The second-order valence-electron chi connectivity index (χ2n) is 5.25. The van der Waals surface area contributed by atoms with Gasteiger partial charge in [-0.2, -0.15) is 0 Å². The van der Waals surface area contributed by atoms with Crippen LogP contribution in [-0.4, -0.2) is 26.8 Å². The van der Waals surface area contributed by atoms with Gasteiger partial charge in [-0.15, -0.1) is 0 Å². The molecule has 0 saturated carbocycles. The van der Waals surface area contributed by atoms with Gasteiger partial charge >= 0.3 is 0 Å². The van der Waals surface area contributed by atoms with Crippen LogP contribution in [0.15, 0.2) is 30.3 Å². The molecule has 0 aliphatic rings. The normalized spacial score (nSPS) is 12.5. The van der Waals surface area contributed by atoms with Gasteiger partial charge in [-0.1, -0.05) is 56.5 Å². The van der Waals surface area contributed by atoms with Crippen LogP contribution in [0.25, 0.3) is 0 Å².